The van der Waals surface area contributed by atoms with Gasteiger partial charge in [-0.25, -0.2) is 14.9 Å². The van der Waals surface area contributed by atoms with Crippen LogP contribution in [0.5, 0.6) is 0 Å². The molecule has 0 atom stereocenters. The molecule has 1 aromatic carbocycles. The van der Waals surface area contributed by atoms with Crippen molar-refractivity contribution in [3.05, 3.63) is 40.4 Å². The highest BCUT2D eigenvalue weighted by Gasteiger charge is 1.99. The minimum Gasteiger partial charge on any atom is -0.334 e. The highest BCUT2D eigenvalue weighted by atomic mass is 32.1. The first-order valence-electron chi connectivity index (χ1n) is 4.64. The van der Waals surface area contributed by atoms with Crippen LogP contribution in [0.2, 0.25) is 0 Å². The summed E-state index contributed by atoms with van der Waals surface area (Å²) >= 11 is 4.81. The van der Waals surface area contributed by atoms with E-state index < -0.39 is 0 Å². The highest BCUT2D eigenvalue weighted by Crippen LogP contribution is 2.01. The lowest BCUT2D eigenvalue weighted by Gasteiger charge is -1.97. The summed E-state index contributed by atoms with van der Waals surface area (Å²) in [6.07, 6.45) is 1.45. The number of nitrogens with one attached hydrogen (secondary N) is 2. The van der Waals surface area contributed by atoms with Gasteiger partial charge in [0.2, 0.25) is 4.77 Å². The summed E-state index contributed by atoms with van der Waals surface area (Å²) in [6, 6.07) is 6.02. The Morgan fingerprint density at radius 2 is 2.41 bits per heavy atom. The van der Waals surface area contributed by atoms with Crippen molar-refractivity contribution >= 4 is 24.4 Å². The molecule has 2 aromatic rings. The molecular weight excluding hydrogens is 243 g/mol. The molecule has 8 heteroatoms. The zero-order valence-electron chi connectivity index (χ0n) is 8.59. The molecule has 6 nitrogen and oxygen atoms in total. The standard InChI is InChI=1S/C9H9FN6S/c10-7-3-1-2-6(4-7)5-12-13-8-14-15-9(17)16(8)11/h1-5H,11H2,(H,13,14)(H,15,17)/b12-5-. The van der Waals surface area contributed by atoms with E-state index in [0.29, 0.717) is 5.56 Å². The topological polar surface area (TPSA) is 84.0 Å². The van der Waals surface area contributed by atoms with Crippen molar-refractivity contribution in [2.45, 2.75) is 0 Å². The Morgan fingerprint density at radius 3 is 3.06 bits per heavy atom. The highest BCUT2D eigenvalue weighted by molar-refractivity contribution is 7.71. The van der Waals surface area contributed by atoms with Crippen LogP contribution < -0.4 is 11.3 Å². The lowest BCUT2D eigenvalue weighted by atomic mass is 10.2. The predicted octanol–water partition coefficient (Wildman–Crippen LogP) is 1.24. The number of H-pyrrole nitrogens is 1. The Balaban J connectivity index is 2.08. The van der Waals surface area contributed by atoms with Crippen molar-refractivity contribution in [2.24, 2.45) is 5.10 Å². The second kappa shape index (κ2) is 4.74. The van der Waals surface area contributed by atoms with E-state index >= 15 is 0 Å². The molecule has 0 saturated heterocycles. The van der Waals surface area contributed by atoms with Gasteiger partial charge in [-0.05, 0) is 29.9 Å². The number of hydrogen-bond donors (Lipinski definition) is 3. The van der Waals surface area contributed by atoms with Gasteiger partial charge in [0, 0.05) is 0 Å². The summed E-state index contributed by atoms with van der Waals surface area (Å²) in [5, 5.41) is 10.1. The minimum absolute atomic E-state index is 0.266. The SMILES string of the molecule is Nn1c(N/N=C\c2cccc(F)c2)n[nH]c1=S. The Kier molecular flexibility index (Phi) is 3.15. The Bertz CT molecular complexity index is 602. The third kappa shape index (κ3) is 2.67. The van der Waals surface area contributed by atoms with Gasteiger partial charge in [0.25, 0.3) is 5.95 Å². The van der Waals surface area contributed by atoms with Crippen LogP contribution in [0, 0.1) is 10.6 Å². The van der Waals surface area contributed by atoms with E-state index in [-0.39, 0.29) is 16.5 Å². The number of nitrogens with zero attached hydrogens (tertiary/aromatic N) is 3. The van der Waals surface area contributed by atoms with Crippen molar-refractivity contribution in [2.75, 3.05) is 11.3 Å². The number of hydrazone groups is 1. The van der Waals surface area contributed by atoms with Crippen molar-refractivity contribution in [3.8, 4) is 0 Å². The van der Waals surface area contributed by atoms with Crippen molar-refractivity contribution in [3.63, 3.8) is 0 Å². The van der Waals surface area contributed by atoms with Crippen LogP contribution in [0.1, 0.15) is 5.56 Å². The molecule has 0 aliphatic heterocycles. The maximum Gasteiger partial charge on any atom is 0.262 e. The molecule has 0 unspecified atom stereocenters. The third-order valence-corrected chi connectivity index (χ3v) is 2.22. The number of halogens is 1. The summed E-state index contributed by atoms with van der Waals surface area (Å²) in [6.45, 7) is 0. The van der Waals surface area contributed by atoms with E-state index in [9.17, 15) is 4.39 Å². The van der Waals surface area contributed by atoms with Crippen LogP contribution in [0.15, 0.2) is 29.4 Å². The number of nitrogens with two attached hydrogens (primary N) is 1. The van der Waals surface area contributed by atoms with Gasteiger partial charge in [0.05, 0.1) is 6.21 Å². The molecule has 1 heterocycles. The number of anilines is 1. The van der Waals surface area contributed by atoms with E-state index in [0.717, 1.165) is 4.68 Å². The van der Waals surface area contributed by atoms with Gasteiger partial charge in [-0.15, -0.1) is 5.10 Å². The van der Waals surface area contributed by atoms with Crippen LogP contribution in [-0.2, 0) is 0 Å². The summed E-state index contributed by atoms with van der Waals surface area (Å²) in [4.78, 5) is 0. The number of aromatic nitrogens is 3. The first-order chi connectivity index (χ1) is 8.16. The summed E-state index contributed by atoms with van der Waals surface area (Å²) in [5.41, 5.74) is 3.20. The second-order valence-electron chi connectivity index (χ2n) is 3.15. The fourth-order valence-corrected chi connectivity index (χ4v) is 1.27. The van der Waals surface area contributed by atoms with Gasteiger partial charge in [-0.2, -0.15) is 9.78 Å². The average molecular weight is 252 g/mol. The van der Waals surface area contributed by atoms with Crippen molar-refractivity contribution < 1.29 is 4.39 Å². The lowest BCUT2D eigenvalue weighted by Crippen LogP contribution is -2.11. The molecule has 88 valence electrons. The van der Waals surface area contributed by atoms with Crippen LogP contribution in [0.4, 0.5) is 10.3 Å². The maximum atomic E-state index is 12.8. The Hall–Kier alpha value is -2.22. The lowest BCUT2D eigenvalue weighted by molar-refractivity contribution is 0.627. The van der Waals surface area contributed by atoms with E-state index in [4.69, 9.17) is 18.1 Å². The monoisotopic (exact) mass is 252 g/mol. The number of hydrogen-bond acceptors (Lipinski definition) is 5. The zero-order chi connectivity index (χ0) is 12.3. The molecule has 0 aliphatic carbocycles. The van der Waals surface area contributed by atoms with Gasteiger partial charge in [0.1, 0.15) is 5.82 Å². The molecule has 0 fully saturated rings. The van der Waals surface area contributed by atoms with E-state index in [1.807, 2.05) is 0 Å². The second-order valence-corrected chi connectivity index (χ2v) is 3.53. The normalized spacial score (nSPS) is 10.9. The van der Waals surface area contributed by atoms with Crippen LogP contribution in [0.3, 0.4) is 0 Å². The quantitative estimate of drug-likeness (QED) is 0.332. The number of benzene rings is 1. The molecule has 2 rings (SSSR count). The molecule has 4 N–H and O–H groups in total. The molecule has 0 aliphatic rings. The number of aromatic amines is 1. The van der Waals surface area contributed by atoms with Crippen LogP contribution in [-0.4, -0.2) is 21.1 Å². The smallest absolute Gasteiger partial charge is 0.262 e. The minimum atomic E-state index is -0.324. The largest absolute Gasteiger partial charge is 0.334 e. The molecule has 0 saturated carbocycles. The van der Waals surface area contributed by atoms with E-state index in [1.165, 1.54) is 18.3 Å². The molecule has 0 bridgehead atoms. The average Bonchev–Trinajstić information content (AvgIpc) is 2.61. The molecule has 1 aromatic heterocycles. The molecule has 0 radical (unpaired) electrons. The van der Waals surface area contributed by atoms with Crippen molar-refractivity contribution in [1.29, 1.82) is 0 Å². The van der Waals surface area contributed by atoms with Gasteiger partial charge in [-0.3, -0.25) is 0 Å². The first kappa shape index (κ1) is 11.3. The van der Waals surface area contributed by atoms with Crippen LogP contribution >= 0.6 is 12.2 Å². The van der Waals surface area contributed by atoms with E-state index in [1.54, 1.807) is 12.1 Å². The number of nitrogen functional groups attached to an aromatic ring is 1. The maximum absolute atomic E-state index is 12.8. The van der Waals surface area contributed by atoms with E-state index in [2.05, 4.69) is 20.7 Å². The van der Waals surface area contributed by atoms with Gasteiger partial charge >= 0.3 is 0 Å². The Labute approximate surface area is 101 Å². The molecule has 0 amide bonds. The predicted molar refractivity (Wildman–Crippen MR) is 65.2 cm³/mol. The van der Waals surface area contributed by atoms with Crippen molar-refractivity contribution in [1.82, 2.24) is 14.9 Å². The fraction of sp³-hybridized carbons (Fsp3) is 0. The summed E-state index contributed by atoms with van der Waals surface area (Å²) in [5.74, 6) is 5.47. The molecule has 0 spiro atoms. The summed E-state index contributed by atoms with van der Waals surface area (Å²) in [7, 11) is 0. The van der Waals surface area contributed by atoms with Gasteiger partial charge < -0.3 is 5.84 Å². The first-order valence-corrected chi connectivity index (χ1v) is 5.05. The molecular formula is C9H9FN6S. The Morgan fingerprint density at radius 1 is 1.59 bits per heavy atom. The van der Waals surface area contributed by atoms with Gasteiger partial charge in [-0.1, -0.05) is 12.1 Å². The molecule has 17 heavy (non-hydrogen) atoms. The fourth-order valence-electron chi connectivity index (χ4n) is 1.13. The number of rotatable bonds is 3. The van der Waals surface area contributed by atoms with Gasteiger partial charge in [0.15, 0.2) is 0 Å². The van der Waals surface area contributed by atoms with Crippen LogP contribution in [0.25, 0.3) is 0 Å². The summed E-state index contributed by atoms with van der Waals surface area (Å²) < 4.78 is 14.3. The zero-order valence-corrected chi connectivity index (χ0v) is 9.41. The third-order valence-electron chi connectivity index (χ3n) is 1.93.